The molecule has 0 aliphatic rings. The van der Waals surface area contributed by atoms with Crippen molar-refractivity contribution in [2.75, 3.05) is 41.0 Å². The molecular formula is C18H35N2O3Ti-. The van der Waals surface area contributed by atoms with Crippen LogP contribution in [0.1, 0.15) is 24.5 Å². The van der Waals surface area contributed by atoms with Gasteiger partial charge in [-0.2, -0.15) is 6.42 Å². The minimum absolute atomic E-state index is 0. The Morgan fingerprint density at radius 3 is 1.96 bits per heavy atom. The van der Waals surface area contributed by atoms with Crippen LogP contribution < -0.4 is 10.6 Å². The minimum Gasteiger partial charge on any atom is -0.400 e. The molecule has 0 heterocycles. The van der Waals surface area contributed by atoms with Crippen LogP contribution in [-0.2, 0) is 28.3 Å². The summed E-state index contributed by atoms with van der Waals surface area (Å²) in [6.07, 6.45) is 0.943. The van der Waals surface area contributed by atoms with Crippen molar-refractivity contribution in [3.8, 4) is 0 Å². The Morgan fingerprint density at radius 1 is 0.958 bits per heavy atom. The molecule has 140 valence electrons. The van der Waals surface area contributed by atoms with Gasteiger partial charge in [-0.05, 0) is 24.6 Å². The molecule has 0 aromatic heterocycles. The predicted octanol–water partition coefficient (Wildman–Crippen LogP) is 1.45. The number of hydrogen-bond acceptors (Lipinski definition) is 5. The van der Waals surface area contributed by atoms with E-state index >= 15 is 0 Å². The Bertz CT molecular complexity index is 364. The zero-order chi connectivity index (χ0) is 18.5. The van der Waals surface area contributed by atoms with Gasteiger partial charge in [0.15, 0.2) is 0 Å². The van der Waals surface area contributed by atoms with Crippen molar-refractivity contribution < 1.29 is 37.0 Å². The summed E-state index contributed by atoms with van der Waals surface area (Å²) in [7, 11) is 3.00. The van der Waals surface area contributed by atoms with Gasteiger partial charge in [-0.15, -0.1) is 0 Å². The van der Waals surface area contributed by atoms with E-state index in [1.54, 1.807) is 0 Å². The molecule has 0 amide bonds. The first-order valence-corrected chi connectivity index (χ1v) is 7.54. The van der Waals surface area contributed by atoms with Gasteiger partial charge >= 0.3 is 0 Å². The summed E-state index contributed by atoms with van der Waals surface area (Å²) in [5.74, 6) is 0. The SMILES string of the molecule is C=C(C)c1ccccc1CNCCNCC[CH2-].CO.CO.CO.[Ti]. The van der Waals surface area contributed by atoms with E-state index in [1.165, 1.54) is 11.1 Å². The van der Waals surface area contributed by atoms with Crippen LogP contribution >= 0.6 is 0 Å². The van der Waals surface area contributed by atoms with Gasteiger partial charge in [-0.3, -0.25) is 0 Å². The zero-order valence-corrected chi connectivity index (χ0v) is 17.2. The Kier molecular flexibility index (Phi) is 35.6. The molecule has 0 unspecified atom stereocenters. The molecular weight excluding hydrogens is 340 g/mol. The van der Waals surface area contributed by atoms with Crippen molar-refractivity contribution in [2.45, 2.75) is 19.9 Å². The number of benzene rings is 1. The van der Waals surface area contributed by atoms with Crippen LogP contribution in [0.4, 0.5) is 0 Å². The smallest absolute Gasteiger partial charge is 0.0319 e. The first-order chi connectivity index (χ1) is 11.3. The molecule has 0 aliphatic carbocycles. The number of aliphatic hydroxyl groups is 3. The first-order valence-electron chi connectivity index (χ1n) is 7.54. The third-order valence-corrected chi connectivity index (χ3v) is 2.62. The Morgan fingerprint density at radius 2 is 1.46 bits per heavy atom. The van der Waals surface area contributed by atoms with Crippen LogP contribution in [0.15, 0.2) is 30.8 Å². The van der Waals surface area contributed by atoms with E-state index in [0.29, 0.717) is 0 Å². The average Bonchev–Trinajstić information content (AvgIpc) is 2.63. The fraction of sp³-hybridized carbons (Fsp3) is 0.500. The van der Waals surface area contributed by atoms with Crippen LogP contribution in [-0.4, -0.2) is 56.3 Å². The molecule has 0 spiro atoms. The Hall–Kier alpha value is -0.526. The van der Waals surface area contributed by atoms with E-state index in [-0.39, 0.29) is 21.7 Å². The molecule has 5 N–H and O–H groups in total. The number of allylic oxidation sites excluding steroid dienone is 1. The van der Waals surface area contributed by atoms with Crippen molar-refractivity contribution >= 4 is 5.57 Å². The molecule has 0 saturated heterocycles. The van der Waals surface area contributed by atoms with Gasteiger partial charge in [0.05, 0.1) is 0 Å². The maximum absolute atomic E-state index is 7.00. The maximum atomic E-state index is 7.00. The van der Waals surface area contributed by atoms with E-state index in [4.69, 9.17) is 15.3 Å². The van der Waals surface area contributed by atoms with Crippen molar-refractivity contribution in [1.29, 1.82) is 0 Å². The molecule has 0 bridgehead atoms. The van der Waals surface area contributed by atoms with Gasteiger partial charge in [0, 0.05) is 62.7 Å². The molecule has 0 atom stereocenters. The third kappa shape index (κ3) is 17.8. The third-order valence-electron chi connectivity index (χ3n) is 2.62. The Balaban J connectivity index is -0.000000256. The second-order valence-electron chi connectivity index (χ2n) is 4.22. The number of rotatable bonds is 8. The largest absolute Gasteiger partial charge is 0.400 e. The van der Waals surface area contributed by atoms with Gasteiger partial charge in [-0.25, -0.2) is 0 Å². The van der Waals surface area contributed by atoms with Crippen molar-refractivity contribution in [1.82, 2.24) is 10.6 Å². The minimum atomic E-state index is 0. The Labute approximate surface area is 163 Å². The van der Waals surface area contributed by atoms with E-state index in [0.717, 1.165) is 59.5 Å². The van der Waals surface area contributed by atoms with E-state index in [9.17, 15) is 0 Å². The second-order valence-corrected chi connectivity index (χ2v) is 4.22. The van der Waals surface area contributed by atoms with Crippen molar-refractivity contribution in [3.63, 3.8) is 0 Å². The molecule has 0 saturated carbocycles. The molecule has 0 aliphatic heterocycles. The summed E-state index contributed by atoms with van der Waals surface area (Å²) in [6, 6.07) is 8.41. The normalized spacial score (nSPS) is 8.17. The molecule has 5 nitrogen and oxygen atoms in total. The van der Waals surface area contributed by atoms with Gasteiger partial charge < -0.3 is 32.9 Å². The number of nitrogens with one attached hydrogen (secondary N) is 2. The molecule has 1 rings (SSSR count). The molecule has 1 aromatic carbocycles. The molecule has 6 heteroatoms. The zero-order valence-electron chi connectivity index (χ0n) is 15.6. The summed E-state index contributed by atoms with van der Waals surface area (Å²) >= 11 is 0. The summed E-state index contributed by atoms with van der Waals surface area (Å²) < 4.78 is 0. The first kappa shape index (κ1) is 31.3. The number of hydrogen-bond donors (Lipinski definition) is 5. The van der Waals surface area contributed by atoms with E-state index in [1.807, 2.05) is 0 Å². The molecule has 0 radical (unpaired) electrons. The van der Waals surface area contributed by atoms with Gasteiger partial charge in [0.2, 0.25) is 0 Å². The van der Waals surface area contributed by atoms with Gasteiger partial charge in [-0.1, -0.05) is 36.4 Å². The second kappa shape index (κ2) is 27.3. The van der Waals surface area contributed by atoms with Crippen LogP contribution in [0.25, 0.3) is 5.57 Å². The van der Waals surface area contributed by atoms with Crippen LogP contribution in [0.2, 0.25) is 0 Å². The average molecular weight is 375 g/mol. The summed E-state index contributed by atoms with van der Waals surface area (Å²) in [5.41, 5.74) is 3.69. The van der Waals surface area contributed by atoms with Gasteiger partial charge in [0.1, 0.15) is 0 Å². The van der Waals surface area contributed by atoms with Gasteiger partial charge in [0.25, 0.3) is 0 Å². The van der Waals surface area contributed by atoms with E-state index < -0.39 is 0 Å². The standard InChI is InChI=1S/C15H23N2.3CH4O.Ti/c1-4-9-16-10-11-17-12-14-7-5-6-8-15(14)13(2)3;3*1-2;/h5-8,16-17H,1-2,4,9-12H2,3H3;3*2H,1H3;/q-1;;;;. The molecule has 1 aromatic rings. The van der Waals surface area contributed by atoms with Crippen LogP contribution in [0, 0.1) is 6.92 Å². The summed E-state index contributed by atoms with van der Waals surface area (Å²) in [6.45, 7) is 13.7. The predicted molar refractivity (Wildman–Crippen MR) is 100 cm³/mol. The quantitative estimate of drug-likeness (QED) is 0.270. The number of aliphatic hydroxyl groups excluding tert-OH is 3. The van der Waals surface area contributed by atoms with Crippen LogP contribution in [0.5, 0.6) is 0 Å². The van der Waals surface area contributed by atoms with E-state index in [2.05, 4.69) is 55.3 Å². The van der Waals surface area contributed by atoms with Crippen molar-refractivity contribution in [3.05, 3.63) is 48.9 Å². The maximum Gasteiger partial charge on any atom is 0.0319 e. The monoisotopic (exact) mass is 375 g/mol. The molecule has 0 fully saturated rings. The van der Waals surface area contributed by atoms with Crippen molar-refractivity contribution in [2.24, 2.45) is 0 Å². The van der Waals surface area contributed by atoms with Crippen LogP contribution in [0.3, 0.4) is 0 Å². The summed E-state index contributed by atoms with van der Waals surface area (Å²) in [5, 5.41) is 27.7. The molecule has 24 heavy (non-hydrogen) atoms. The fourth-order valence-corrected chi connectivity index (χ4v) is 1.74. The topological polar surface area (TPSA) is 84.8 Å². The summed E-state index contributed by atoms with van der Waals surface area (Å²) in [4.78, 5) is 0. The fourth-order valence-electron chi connectivity index (χ4n) is 1.74.